The molecule has 55 heavy (non-hydrogen) atoms. The lowest BCUT2D eigenvalue weighted by atomic mass is 10.0. The summed E-state index contributed by atoms with van der Waals surface area (Å²) in [5.74, 6) is 0.547. The van der Waals surface area contributed by atoms with Crippen LogP contribution in [-0.4, -0.2) is 108 Å². The molecule has 4 fully saturated rings. The van der Waals surface area contributed by atoms with Gasteiger partial charge in [0.25, 0.3) is 0 Å². The number of rotatable bonds is 22. The molecule has 8 N–H and O–H groups in total. The third-order valence-electron chi connectivity index (χ3n) is 10.1. The molecule has 4 aliphatic heterocycles. The summed E-state index contributed by atoms with van der Waals surface area (Å²) in [7, 11) is 1.25. The number of anilines is 2. The number of nitrogens with one attached hydrogen (secondary N) is 8. The van der Waals surface area contributed by atoms with Crippen molar-refractivity contribution < 1.29 is 38.3 Å². The standard InChI is InChI=1S/C37H54N8O8S2/c1-53-35(50)22-17-23(40-31(48)13-6-7-15-38-29(46)11-4-2-9-27-33-25(20-54-27)42-36(51)44-33)19-24(18-22)41-32(49)14-8-16-39-30(47)12-5-3-10-28-34-26(21-55-28)43-37(52)45-34/h17-19,25-28,33-34H,2-16,20-21H2,1H3,(H,38,46)(H,39,47)(H,40,48)(H,41,49)(H2,42,44,51)(H2,43,45,52)/t25-,26-,27-,28-,33-,34-/m0/s1. The maximum atomic E-state index is 12.7. The zero-order chi connectivity index (χ0) is 39.2. The minimum absolute atomic E-state index is 0.0181. The van der Waals surface area contributed by atoms with E-state index in [1.54, 1.807) is 6.07 Å². The summed E-state index contributed by atoms with van der Waals surface area (Å²) in [6, 6.07) is 5.05. The van der Waals surface area contributed by atoms with Gasteiger partial charge in [-0.25, -0.2) is 14.4 Å². The van der Waals surface area contributed by atoms with E-state index >= 15 is 0 Å². The third kappa shape index (κ3) is 13.2. The Bertz CT molecular complexity index is 1570. The average Bonchev–Trinajstić information content (AvgIpc) is 3.91. The van der Waals surface area contributed by atoms with E-state index in [9.17, 15) is 33.6 Å². The molecule has 0 aliphatic carbocycles. The number of fused-ring (bicyclic) bond motifs is 2. The molecule has 6 atom stereocenters. The van der Waals surface area contributed by atoms with Crippen LogP contribution in [0.15, 0.2) is 18.2 Å². The second-order valence-electron chi connectivity index (χ2n) is 14.4. The Morgan fingerprint density at radius 2 is 1.07 bits per heavy atom. The van der Waals surface area contributed by atoms with E-state index in [-0.39, 0.29) is 78.3 Å². The molecule has 0 aromatic heterocycles. The Morgan fingerprint density at radius 1 is 0.618 bits per heavy atom. The van der Waals surface area contributed by atoms with E-state index in [0.29, 0.717) is 67.1 Å². The third-order valence-corrected chi connectivity index (χ3v) is 13.2. The summed E-state index contributed by atoms with van der Waals surface area (Å²) < 4.78 is 4.85. The second kappa shape index (κ2) is 21.2. The smallest absolute Gasteiger partial charge is 0.337 e. The van der Waals surface area contributed by atoms with Gasteiger partial charge in [-0.1, -0.05) is 12.8 Å². The highest BCUT2D eigenvalue weighted by Crippen LogP contribution is 2.34. The quantitative estimate of drug-likeness (QED) is 0.0486. The van der Waals surface area contributed by atoms with Crippen LogP contribution in [0.25, 0.3) is 0 Å². The van der Waals surface area contributed by atoms with Gasteiger partial charge in [0.2, 0.25) is 23.6 Å². The number of methoxy groups -OCH3 is 1. The van der Waals surface area contributed by atoms with Crippen molar-refractivity contribution in [1.82, 2.24) is 31.9 Å². The van der Waals surface area contributed by atoms with Crippen molar-refractivity contribution in [1.29, 1.82) is 0 Å². The van der Waals surface area contributed by atoms with Crippen LogP contribution in [0.3, 0.4) is 0 Å². The van der Waals surface area contributed by atoms with E-state index in [0.717, 1.165) is 50.0 Å². The van der Waals surface area contributed by atoms with E-state index in [4.69, 9.17) is 4.74 Å². The molecule has 0 bridgehead atoms. The normalized spacial score (nSPS) is 23.4. The molecule has 302 valence electrons. The maximum Gasteiger partial charge on any atom is 0.337 e. The number of unbranched alkanes of at least 4 members (excludes halogenated alkanes) is 3. The van der Waals surface area contributed by atoms with Gasteiger partial charge in [-0.2, -0.15) is 23.5 Å². The van der Waals surface area contributed by atoms with Crippen molar-refractivity contribution in [3.8, 4) is 0 Å². The van der Waals surface area contributed by atoms with E-state index in [1.165, 1.54) is 19.2 Å². The Hall–Kier alpha value is -4.19. The predicted octanol–water partition coefficient (Wildman–Crippen LogP) is 2.98. The summed E-state index contributed by atoms with van der Waals surface area (Å²) in [6.07, 6.45) is 8.01. The number of esters is 1. The van der Waals surface area contributed by atoms with Crippen molar-refractivity contribution in [2.45, 2.75) is 118 Å². The van der Waals surface area contributed by atoms with Crippen molar-refractivity contribution in [3.05, 3.63) is 23.8 Å². The number of ether oxygens (including phenoxy) is 1. The number of hydrogen-bond acceptors (Lipinski definition) is 10. The number of benzene rings is 1. The largest absolute Gasteiger partial charge is 0.465 e. The highest BCUT2D eigenvalue weighted by Gasteiger charge is 2.43. The monoisotopic (exact) mass is 802 g/mol. The first kappa shape index (κ1) is 42.0. The Labute approximate surface area is 330 Å². The Kier molecular flexibility index (Phi) is 16.2. The van der Waals surface area contributed by atoms with Gasteiger partial charge in [-0.3, -0.25) is 19.2 Å². The Balaban J connectivity index is 0.914. The molecule has 16 nitrogen and oxygen atoms in total. The van der Waals surface area contributed by atoms with Crippen LogP contribution in [0, 0.1) is 0 Å². The summed E-state index contributed by atoms with van der Waals surface area (Å²) in [4.78, 5) is 85.4. The molecular formula is C37H54N8O8S2. The van der Waals surface area contributed by atoms with Gasteiger partial charge in [-0.15, -0.1) is 0 Å². The lowest BCUT2D eigenvalue weighted by molar-refractivity contribution is -0.122. The zero-order valence-corrected chi connectivity index (χ0v) is 32.9. The molecular weight excluding hydrogens is 749 g/mol. The number of thioether (sulfide) groups is 2. The van der Waals surface area contributed by atoms with E-state index in [1.807, 2.05) is 23.5 Å². The summed E-state index contributed by atoms with van der Waals surface area (Å²) in [6.45, 7) is 0.812. The highest BCUT2D eigenvalue weighted by atomic mass is 32.2. The van der Waals surface area contributed by atoms with Crippen LogP contribution < -0.4 is 42.5 Å². The van der Waals surface area contributed by atoms with Crippen LogP contribution in [0.2, 0.25) is 0 Å². The van der Waals surface area contributed by atoms with Crippen molar-refractivity contribution in [2.24, 2.45) is 0 Å². The first-order valence-corrected chi connectivity index (χ1v) is 21.4. The topological polar surface area (TPSA) is 225 Å². The summed E-state index contributed by atoms with van der Waals surface area (Å²) in [5, 5.41) is 23.9. The lowest BCUT2D eigenvalue weighted by Crippen LogP contribution is -2.36. The molecule has 5 rings (SSSR count). The number of hydrogen-bond donors (Lipinski definition) is 8. The van der Waals surface area contributed by atoms with Gasteiger partial charge in [0, 0.05) is 72.2 Å². The SMILES string of the molecule is COC(=O)c1cc(NC(=O)CCCCNC(=O)CCCC[C@@H]2SC[C@@H]3NC(=O)N[C@@H]32)cc(NC(=O)CCCNC(=O)CCCC[C@@H]2SC[C@@H]3NC(=O)N[C@@H]32)c1. The van der Waals surface area contributed by atoms with Crippen molar-refractivity contribution >= 4 is 76.6 Å². The van der Waals surface area contributed by atoms with Gasteiger partial charge in [0.15, 0.2) is 0 Å². The van der Waals surface area contributed by atoms with Gasteiger partial charge in [0.05, 0.1) is 36.8 Å². The molecule has 4 heterocycles. The molecule has 0 radical (unpaired) electrons. The minimum Gasteiger partial charge on any atom is -0.465 e. The first-order chi connectivity index (χ1) is 26.6. The minimum atomic E-state index is -0.621. The molecule has 8 amide bonds. The summed E-state index contributed by atoms with van der Waals surface area (Å²) >= 11 is 3.72. The second-order valence-corrected chi connectivity index (χ2v) is 16.9. The van der Waals surface area contributed by atoms with Gasteiger partial charge in [0.1, 0.15) is 0 Å². The molecule has 18 heteroatoms. The van der Waals surface area contributed by atoms with Gasteiger partial charge in [-0.05, 0) is 63.1 Å². The predicted molar refractivity (Wildman–Crippen MR) is 212 cm³/mol. The van der Waals surface area contributed by atoms with Crippen LogP contribution in [0.1, 0.15) is 93.8 Å². The maximum absolute atomic E-state index is 12.7. The van der Waals surface area contributed by atoms with Crippen LogP contribution in [0.4, 0.5) is 21.0 Å². The van der Waals surface area contributed by atoms with Gasteiger partial charge >= 0.3 is 18.0 Å². The fourth-order valence-corrected chi connectivity index (χ4v) is 10.4. The average molecular weight is 803 g/mol. The Morgan fingerprint density at radius 3 is 1.58 bits per heavy atom. The van der Waals surface area contributed by atoms with E-state index in [2.05, 4.69) is 42.5 Å². The number of carbonyl (C=O) groups excluding carboxylic acids is 7. The molecule has 0 spiro atoms. The van der Waals surface area contributed by atoms with Crippen LogP contribution in [0.5, 0.6) is 0 Å². The molecule has 1 aromatic carbocycles. The highest BCUT2D eigenvalue weighted by molar-refractivity contribution is 8.00. The lowest BCUT2D eigenvalue weighted by Gasteiger charge is -2.16. The number of urea groups is 2. The summed E-state index contributed by atoms with van der Waals surface area (Å²) in [5.41, 5.74) is 0.816. The zero-order valence-electron chi connectivity index (χ0n) is 31.3. The fourth-order valence-electron chi connectivity index (χ4n) is 7.29. The number of carbonyl (C=O) groups is 7. The van der Waals surface area contributed by atoms with Crippen molar-refractivity contribution in [2.75, 3.05) is 42.3 Å². The molecule has 1 aromatic rings. The van der Waals surface area contributed by atoms with Gasteiger partial charge < -0.3 is 47.3 Å². The van der Waals surface area contributed by atoms with Crippen LogP contribution >= 0.6 is 23.5 Å². The first-order valence-electron chi connectivity index (χ1n) is 19.3. The fraction of sp³-hybridized carbons (Fsp3) is 0.649. The van der Waals surface area contributed by atoms with Crippen LogP contribution in [-0.2, 0) is 23.9 Å². The molecule has 0 saturated carbocycles. The number of amides is 8. The molecule has 0 unspecified atom stereocenters. The van der Waals surface area contributed by atoms with E-state index < -0.39 is 5.97 Å². The molecule has 4 saturated heterocycles. The molecule has 4 aliphatic rings. The van der Waals surface area contributed by atoms with Crippen molar-refractivity contribution in [3.63, 3.8) is 0 Å².